The molecule has 1 atom stereocenters. The van der Waals surface area contributed by atoms with Crippen molar-refractivity contribution in [1.29, 1.82) is 0 Å². The Morgan fingerprint density at radius 2 is 2.21 bits per heavy atom. The predicted molar refractivity (Wildman–Crippen MR) is 53.6 cm³/mol. The first kappa shape index (κ1) is 10.7. The predicted octanol–water partition coefficient (Wildman–Crippen LogP) is 0.920. The largest absolute Gasteiger partial charge is 0.465 e. The smallest absolute Gasteiger partial charge is 0.323 e. The van der Waals surface area contributed by atoms with Crippen molar-refractivity contribution in [2.75, 3.05) is 6.61 Å². The molecule has 1 aromatic rings. The van der Waals surface area contributed by atoms with Crippen LogP contribution in [0.15, 0.2) is 24.3 Å². The topological polar surface area (TPSA) is 52.3 Å². The molecule has 0 saturated carbocycles. The van der Waals surface area contributed by atoms with Crippen molar-refractivity contribution in [3.8, 4) is 0 Å². The maximum atomic E-state index is 11.2. The zero-order chi connectivity index (χ0) is 10.4. The summed E-state index contributed by atoms with van der Waals surface area (Å²) >= 11 is 0. The highest BCUT2D eigenvalue weighted by atomic mass is 16.5. The summed E-state index contributed by atoms with van der Waals surface area (Å²) in [6.45, 7) is 2.14. The molecule has 0 aromatic heterocycles. The standard InChI is InChI=1S/C11H14NO2/c1-2-14-11(13)10(12)8-9-6-4-3-5-7-9/h4-7,10H,2,8,12H2,1H3. The lowest BCUT2D eigenvalue weighted by atomic mass is 10.1. The van der Waals surface area contributed by atoms with Gasteiger partial charge in [0.15, 0.2) is 0 Å². The molecule has 1 radical (unpaired) electrons. The molecule has 1 aromatic carbocycles. The second kappa shape index (κ2) is 5.40. The van der Waals surface area contributed by atoms with Gasteiger partial charge < -0.3 is 10.5 Å². The summed E-state index contributed by atoms with van der Waals surface area (Å²) in [7, 11) is 0. The van der Waals surface area contributed by atoms with Crippen LogP contribution in [0.5, 0.6) is 0 Å². The van der Waals surface area contributed by atoms with Gasteiger partial charge >= 0.3 is 5.97 Å². The third-order valence-corrected chi connectivity index (χ3v) is 1.83. The van der Waals surface area contributed by atoms with Gasteiger partial charge in [0.2, 0.25) is 0 Å². The van der Waals surface area contributed by atoms with Gasteiger partial charge in [-0.25, -0.2) is 0 Å². The van der Waals surface area contributed by atoms with Crippen LogP contribution in [0, 0.1) is 6.07 Å². The minimum Gasteiger partial charge on any atom is -0.465 e. The maximum Gasteiger partial charge on any atom is 0.323 e. The number of carbonyl (C=O) groups is 1. The number of hydrogen-bond acceptors (Lipinski definition) is 3. The van der Waals surface area contributed by atoms with Crippen LogP contribution in [0.1, 0.15) is 12.5 Å². The Morgan fingerprint density at radius 3 is 2.79 bits per heavy atom. The summed E-state index contributed by atoms with van der Waals surface area (Å²) in [4.78, 5) is 11.2. The molecule has 0 aliphatic heterocycles. The normalized spacial score (nSPS) is 12.1. The van der Waals surface area contributed by atoms with Crippen LogP contribution in [0.25, 0.3) is 0 Å². The number of esters is 1. The maximum absolute atomic E-state index is 11.2. The van der Waals surface area contributed by atoms with E-state index in [9.17, 15) is 4.79 Å². The molecule has 1 rings (SSSR count). The van der Waals surface area contributed by atoms with E-state index >= 15 is 0 Å². The van der Waals surface area contributed by atoms with Gasteiger partial charge in [-0.05, 0) is 25.0 Å². The molecule has 14 heavy (non-hydrogen) atoms. The molecule has 3 nitrogen and oxygen atoms in total. The number of rotatable bonds is 4. The van der Waals surface area contributed by atoms with Crippen LogP contribution >= 0.6 is 0 Å². The lowest BCUT2D eigenvalue weighted by Crippen LogP contribution is -2.34. The quantitative estimate of drug-likeness (QED) is 0.722. The number of benzene rings is 1. The SMILES string of the molecule is CCOC(=O)C(N)Cc1cc[c]cc1. The number of carbonyl (C=O) groups excluding carboxylic acids is 1. The van der Waals surface area contributed by atoms with E-state index in [-0.39, 0.29) is 5.97 Å². The summed E-state index contributed by atoms with van der Waals surface area (Å²) in [5.41, 5.74) is 6.67. The molecule has 0 aliphatic carbocycles. The lowest BCUT2D eigenvalue weighted by Gasteiger charge is -2.09. The van der Waals surface area contributed by atoms with Crippen molar-refractivity contribution in [2.45, 2.75) is 19.4 Å². The molecule has 0 fully saturated rings. The van der Waals surface area contributed by atoms with E-state index in [1.165, 1.54) is 0 Å². The summed E-state index contributed by atoms with van der Waals surface area (Å²) in [5, 5.41) is 0. The van der Waals surface area contributed by atoms with Crippen LogP contribution in [-0.2, 0) is 16.0 Å². The van der Waals surface area contributed by atoms with E-state index in [0.717, 1.165) is 5.56 Å². The molecular weight excluding hydrogens is 178 g/mol. The second-order valence-corrected chi connectivity index (χ2v) is 2.97. The Bertz CT molecular complexity index is 285. The highest BCUT2D eigenvalue weighted by Gasteiger charge is 2.14. The Morgan fingerprint density at radius 1 is 1.57 bits per heavy atom. The number of hydrogen-bond donors (Lipinski definition) is 1. The van der Waals surface area contributed by atoms with E-state index in [0.29, 0.717) is 13.0 Å². The van der Waals surface area contributed by atoms with Gasteiger partial charge in [-0.2, -0.15) is 0 Å². The molecule has 1 unspecified atom stereocenters. The van der Waals surface area contributed by atoms with Gasteiger partial charge in [-0.15, -0.1) is 0 Å². The average molecular weight is 192 g/mol. The Balaban J connectivity index is 2.49. The Hall–Kier alpha value is -1.35. The highest BCUT2D eigenvalue weighted by molar-refractivity contribution is 5.75. The molecule has 0 aliphatic rings. The van der Waals surface area contributed by atoms with Crippen LogP contribution in [0.4, 0.5) is 0 Å². The highest BCUT2D eigenvalue weighted by Crippen LogP contribution is 2.02. The van der Waals surface area contributed by atoms with E-state index in [4.69, 9.17) is 10.5 Å². The fraction of sp³-hybridized carbons (Fsp3) is 0.364. The van der Waals surface area contributed by atoms with E-state index in [1.54, 1.807) is 19.1 Å². The van der Waals surface area contributed by atoms with Crippen molar-refractivity contribution in [2.24, 2.45) is 5.73 Å². The van der Waals surface area contributed by atoms with Gasteiger partial charge in [0.05, 0.1) is 6.61 Å². The van der Waals surface area contributed by atoms with Crippen molar-refractivity contribution >= 4 is 5.97 Å². The Labute approximate surface area is 83.9 Å². The third kappa shape index (κ3) is 3.18. The van der Waals surface area contributed by atoms with Crippen LogP contribution < -0.4 is 5.73 Å². The van der Waals surface area contributed by atoms with Crippen molar-refractivity contribution in [3.63, 3.8) is 0 Å². The molecule has 0 bridgehead atoms. The number of ether oxygens (including phenoxy) is 1. The molecule has 2 N–H and O–H groups in total. The fourth-order valence-corrected chi connectivity index (χ4v) is 1.14. The van der Waals surface area contributed by atoms with Gasteiger partial charge in [0, 0.05) is 0 Å². The molecular formula is C11H14NO2. The van der Waals surface area contributed by atoms with E-state index in [2.05, 4.69) is 6.07 Å². The van der Waals surface area contributed by atoms with Crippen molar-refractivity contribution in [1.82, 2.24) is 0 Å². The lowest BCUT2D eigenvalue weighted by molar-refractivity contribution is -0.144. The summed E-state index contributed by atoms with van der Waals surface area (Å²) < 4.78 is 4.80. The van der Waals surface area contributed by atoms with Crippen LogP contribution in [-0.4, -0.2) is 18.6 Å². The van der Waals surface area contributed by atoms with E-state index in [1.807, 2.05) is 12.1 Å². The fourth-order valence-electron chi connectivity index (χ4n) is 1.14. The van der Waals surface area contributed by atoms with E-state index < -0.39 is 6.04 Å². The van der Waals surface area contributed by atoms with Crippen LogP contribution in [0.3, 0.4) is 0 Å². The van der Waals surface area contributed by atoms with Gasteiger partial charge in [-0.3, -0.25) is 4.79 Å². The monoisotopic (exact) mass is 192 g/mol. The summed E-state index contributed by atoms with van der Waals surface area (Å²) in [6.07, 6.45) is 0.507. The van der Waals surface area contributed by atoms with Crippen molar-refractivity contribution < 1.29 is 9.53 Å². The zero-order valence-corrected chi connectivity index (χ0v) is 8.19. The third-order valence-electron chi connectivity index (χ3n) is 1.83. The summed E-state index contributed by atoms with van der Waals surface area (Å²) in [5.74, 6) is -0.347. The minimum absolute atomic E-state index is 0.347. The summed E-state index contributed by atoms with van der Waals surface area (Å²) in [6, 6.07) is 9.71. The molecule has 0 saturated heterocycles. The minimum atomic E-state index is -0.572. The molecule has 3 heteroatoms. The Kier molecular flexibility index (Phi) is 4.13. The zero-order valence-electron chi connectivity index (χ0n) is 8.19. The first-order valence-corrected chi connectivity index (χ1v) is 4.61. The van der Waals surface area contributed by atoms with Gasteiger partial charge in [-0.1, -0.05) is 24.3 Å². The second-order valence-electron chi connectivity index (χ2n) is 2.97. The molecule has 0 spiro atoms. The van der Waals surface area contributed by atoms with Gasteiger partial charge in [0.1, 0.15) is 6.04 Å². The first-order chi connectivity index (χ1) is 6.74. The van der Waals surface area contributed by atoms with Crippen molar-refractivity contribution in [3.05, 3.63) is 35.9 Å². The van der Waals surface area contributed by atoms with Gasteiger partial charge in [0.25, 0.3) is 0 Å². The molecule has 0 heterocycles. The molecule has 0 amide bonds. The average Bonchev–Trinajstić information content (AvgIpc) is 2.19. The molecule has 75 valence electrons. The first-order valence-electron chi connectivity index (χ1n) is 4.61. The number of nitrogens with two attached hydrogens (primary N) is 1. The van der Waals surface area contributed by atoms with Crippen LogP contribution in [0.2, 0.25) is 0 Å².